The molecule has 2 heterocycles. The van der Waals surface area contributed by atoms with Crippen molar-refractivity contribution in [2.75, 3.05) is 31.3 Å². The first-order valence-electron chi connectivity index (χ1n) is 10.3. The van der Waals surface area contributed by atoms with Crippen molar-refractivity contribution >= 4 is 5.69 Å². The van der Waals surface area contributed by atoms with E-state index in [-0.39, 0.29) is 6.04 Å². The van der Waals surface area contributed by atoms with Gasteiger partial charge in [-0.3, -0.25) is 15.2 Å². The molecule has 2 aliphatic rings. The molecule has 0 aromatic heterocycles. The molecule has 146 valence electrons. The Labute approximate surface area is 158 Å². The van der Waals surface area contributed by atoms with Gasteiger partial charge in [-0.2, -0.15) is 0 Å². The van der Waals surface area contributed by atoms with E-state index in [0.29, 0.717) is 12.0 Å². The number of hydroxylamine groups is 1. The Hall–Kier alpha value is -1.30. The highest BCUT2D eigenvalue weighted by Gasteiger charge is 2.33. The molecule has 2 fully saturated rings. The number of ether oxygens (including phenoxy) is 1. The maximum Gasteiger partial charge on any atom is 0.119 e. The molecule has 1 aromatic carbocycles. The zero-order valence-corrected chi connectivity index (χ0v) is 16.5. The molecule has 0 radical (unpaired) electrons. The Bertz CT molecular complexity index is 547. The zero-order chi connectivity index (χ0) is 18.5. The summed E-state index contributed by atoms with van der Waals surface area (Å²) in [5.41, 5.74) is 0.829. The van der Waals surface area contributed by atoms with E-state index in [2.05, 4.69) is 31.0 Å². The van der Waals surface area contributed by atoms with Crippen molar-refractivity contribution < 1.29 is 9.94 Å². The van der Waals surface area contributed by atoms with Crippen LogP contribution in [0.1, 0.15) is 46.5 Å². The van der Waals surface area contributed by atoms with E-state index in [1.807, 2.05) is 24.3 Å². The van der Waals surface area contributed by atoms with Crippen molar-refractivity contribution in [3.8, 4) is 5.75 Å². The molecular weight excluding hydrogens is 326 g/mol. The van der Waals surface area contributed by atoms with Gasteiger partial charge in [0.15, 0.2) is 0 Å². The van der Waals surface area contributed by atoms with Crippen LogP contribution in [0.2, 0.25) is 0 Å². The summed E-state index contributed by atoms with van der Waals surface area (Å²) < 4.78 is 6.06. The topological polar surface area (TPSA) is 48.0 Å². The van der Waals surface area contributed by atoms with Gasteiger partial charge in [0.2, 0.25) is 0 Å². The summed E-state index contributed by atoms with van der Waals surface area (Å²) in [7, 11) is 0. The van der Waals surface area contributed by atoms with Crippen LogP contribution in [-0.2, 0) is 0 Å². The fourth-order valence-electron chi connectivity index (χ4n) is 4.30. The number of nitrogens with one attached hydrogen (secondary N) is 1. The predicted octanol–water partition coefficient (Wildman–Crippen LogP) is 3.52. The third-order valence-electron chi connectivity index (χ3n) is 5.96. The van der Waals surface area contributed by atoms with Crippen LogP contribution in [0.15, 0.2) is 24.3 Å². The van der Waals surface area contributed by atoms with Crippen LogP contribution in [0.5, 0.6) is 5.75 Å². The maximum atomic E-state index is 10.2. The highest BCUT2D eigenvalue weighted by atomic mass is 16.5. The largest absolute Gasteiger partial charge is 0.493 e. The lowest BCUT2D eigenvalue weighted by atomic mass is 10.1. The van der Waals surface area contributed by atoms with Crippen molar-refractivity contribution in [3.05, 3.63) is 24.3 Å². The smallest absolute Gasteiger partial charge is 0.119 e. The Morgan fingerprint density at radius 1 is 1.27 bits per heavy atom. The van der Waals surface area contributed by atoms with Crippen molar-refractivity contribution in [2.45, 2.75) is 64.6 Å². The molecule has 0 amide bonds. The fourth-order valence-corrected chi connectivity index (χ4v) is 4.30. The lowest BCUT2D eigenvalue weighted by Gasteiger charge is -2.34. The van der Waals surface area contributed by atoms with E-state index < -0.39 is 0 Å². The number of likely N-dealkylation sites (tertiary alicyclic amines) is 1. The number of anilines is 1. The van der Waals surface area contributed by atoms with Gasteiger partial charge in [0.05, 0.1) is 18.3 Å². The minimum absolute atomic E-state index is 0.183. The average molecular weight is 362 g/mol. The first-order chi connectivity index (χ1) is 12.6. The standard InChI is InChI=1S/C21H35N3O2/c1-4-6-18(5-2)23-14-17(11-16(23)3)15-26-21-9-7-19(8-10-21)24(25)20-12-22-13-20/h7-10,16-18,20,22,25H,4-6,11-15H2,1-3H3. The summed E-state index contributed by atoms with van der Waals surface area (Å²) in [4.78, 5) is 2.69. The maximum absolute atomic E-state index is 10.2. The van der Waals surface area contributed by atoms with Gasteiger partial charge in [-0.1, -0.05) is 20.3 Å². The molecule has 5 heteroatoms. The van der Waals surface area contributed by atoms with Crippen molar-refractivity contribution in [3.63, 3.8) is 0 Å². The monoisotopic (exact) mass is 361 g/mol. The third kappa shape index (κ3) is 4.51. The molecule has 3 unspecified atom stereocenters. The molecule has 0 saturated carbocycles. The van der Waals surface area contributed by atoms with Gasteiger partial charge in [0.25, 0.3) is 0 Å². The van der Waals surface area contributed by atoms with Gasteiger partial charge in [-0.25, -0.2) is 0 Å². The van der Waals surface area contributed by atoms with Gasteiger partial charge >= 0.3 is 0 Å². The predicted molar refractivity (Wildman–Crippen MR) is 106 cm³/mol. The van der Waals surface area contributed by atoms with Gasteiger partial charge < -0.3 is 10.1 Å². The Kier molecular flexibility index (Phi) is 6.79. The number of hydrogen-bond acceptors (Lipinski definition) is 5. The quantitative estimate of drug-likeness (QED) is 0.659. The summed E-state index contributed by atoms with van der Waals surface area (Å²) in [5, 5.41) is 14.7. The summed E-state index contributed by atoms with van der Waals surface area (Å²) in [5.74, 6) is 1.49. The molecular formula is C21H35N3O2. The first kappa shape index (κ1) is 19.5. The molecule has 0 bridgehead atoms. The van der Waals surface area contributed by atoms with Crippen molar-refractivity contribution in [2.24, 2.45) is 5.92 Å². The number of rotatable bonds is 9. The van der Waals surface area contributed by atoms with E-state index in [9.17, 15) is 5.21 Å². The zero-order valence-electron chi connectivity index (χ0n) is 16.5. The molecule has 3 atom stereocenters. The number of benzene rings is 1. The highest BCUT2D eigenvalue weighted by molar-refractivity contribution is 5.48. The fraction of sp³-hybridized carbons (Fsp3) is 0.714. The van der Waals surface area contributed by atoms with Crippen LogP contribution in [-0.4, -0.2) is 54.5 Å². The van der Waals surface area contributed by atoms with E-state index in [0.717, 1.165) is 43.7 Å². The summed E-state index contributed by atoms with van der Waals surface area (Å²) in [6.07, 6.45) is 5.01. The van der Waals surface area contributed by atoms with Crippen LogP contribution < -0.4 is 15.1 Å². The second kappa shape index (κ2) is 9.07. The van der Waals surface area contributed by atoms with E-state index in [1.54, 1.807) is 0 Å². The summed E-state index contributed by atoms with van der Waals surface area (Å²) >= 11 is 0. The third-order valence-corrected chi connectivity index (χ3v) is 5.96. The highest BCUT2D eigenvalue weighted by Crippen LogP contribution is 2.29. The minimum atomic E-state index is 0.183. The molecule has 0 aliphatic carbocycles. The number of nitrogens with zero attached hydrogens (tertiary/aromatic N) is 2. The normalized spacial score (nSPS) is 25.1. The second-order valence-corrected chi connectivity index (χ2v) is 7.96. The molecule has 26 heavy (non-hydrogen) atoms. The number of hydrogen-bond donors (Lipinski definition) is 2. The SMILES string of the molecule is CCCC(CC)N1CC(COc2ccc(N(O)C3CNC3)cc2)CC1C. The van der Waals surface area contributed by atoms with Gasteiger partial charge in [0, 0.05) is 37.6 Å². The minimum Gasteiger partial charge on any atom is -0.493 e. The van der Waals surface area contributed by atoms with Gasteiger partial charge in [0.1, 0.15) is 5.75 Å². The molecule has 1 aromatic rings. The van der Waals surface area contributed by atoms with E-state index >= 15 is 0 Å². The van der Waals surface area contributed by atoms with Crippen molar-refractivity contribution in [1.29, 1.82) is 0 Å². The van der Waals surface area contributed by atoms with Crippen LogP contribution in [0.4, 0.5) is 5.69 Å². The lowest BCUT2D eigenvalue weighted by molar-refractivity contribution is 0.164. The Morgan fingerprint density at radius 3 is 2.58 bits per heavy atom. The summed E-state index contributed by atoms with van der Waals surface area (Å²) in [6.45, 7) is 10.5. The average Bonchev–Trinajstić information content (AvgIpc) is 2.97. The first-order valence-corrected chi connectivity index (χ1v) is 10.3. The molecule has 2 aliphatic heterocycles. The Morgan fingerprint density at radius 2 is 2.00 bits per heavy atom. The summed E-state index contributed by atoms with van der Waals surface area (Å²) in [6, 6.07) is 9.36. The lowest BCUT2D eigenvalue weighted by Crippen LogP contribution is -2.56. The van der Waals surface area contributed by atoms with Crippen LogP contribution in [0.3, 0.4) is 0 Å². The van der Waals surface area contributed by atoms with Gasteiger partial charge in [-0.05, 0) is 50.5 Å². The van der Waals surface area contributed by atoms with Crippen LogP contribution in [0.25, 0.3) is 0 Å². The van der Waals surface area contributed by atoms with Gasteiger partial charge in [-0.15, -0.1) is 0 Å². The van der Waals surface area contributed by atoms with E-state index in [1.165, 1.54) is 30.7 Å². The molecule has 2 saturated heterocycles. The van der Waals surface area contributed by atoms with Crippen molar-refractivity contribution in [1.82, 2.24) is 10.2 Å². The molecule has 0 spiro atoms. The van der Waals surface area contributed by atoms with Crippen LogP contribution >= 0.6 is 0 Å². The molecule has 3 rings (SSSR count). The second-order valence-electron chi connectivity index (χ2n) is 7.96. The van der Waals surface area contributed by atoms with Crippen LogP contribution in [0, 0.1) is 5.92 Å². The van der Waals surface area contributed by atoms with E-state index in [4.69, 9.17) is 4.74 Å². The Balaban J connectivity index is 1.48. The molecule has 5 nitrogen and oxygen atoms in total. The molecule has 2 N–H and O–H groups in total.